The molecule has 0 aliphatic carbocycles. The lowest BCUT2D eigenvalue weighted by Gasteiger charge is -2.31. The second-order valence-electron chi connectivity index (χ2n) is 9.39. The molecular weight excluding hydrogens is 464 g/mol. The van der Waals surface area contributed by atoms with Gasteiger partial charge in [0.05, 0.1) is 18.2 Å². The van der Waals surface area contributed by atoms with Crippen LogP contribution in [0.2, 0.25) is 0 Å². The van der Waals surface area contributed by atoms with Crippen molar-refractivity contribution >= 4 is 24.1 Å². The molecule has 3 rings (SSSR count). The van der Waals surface area contributed by atoms with Crippen molar-refractivity contribution in [1.82, 2.24) is 15.5 Å². The van der Waals surface area contributed by atoms with Crippen LogP contribution >= 0.6 is 0 Å². The van der Waals surface area contributed by atoms with E-state index in [9.17, 15) is 9.59 Å². The van der Waals surface area contributed by atoms with Gasteiger partial charge in [-0.3, -0.25) is 15.1 Å². The number of hydrogen-bond acceptors (Lipinski definition) is 4. The van der Waals surface area contributed by atoms with E-state index in [4.69, 9.17) is 10.7 Å². The number of aryl methyl sites for hydroxylation is 1. The summed E-state index contributed by atoms with van der Waals surface area (Å²) in [5.74, 6) is 0.0518. The number of anilines is 1. The lowest BCUT2D eigenvalue weighted by atomic mass is 9.95. The van der Waals surface area contributed by atoms with E-state index < -0.39 is 0 Å². The molecule has 3 amide bonds. The number of rotatable bonds is 10. The fourth-order valence-electron chi connectivity index (χ4n) is 3.71. The van der Waals surface area contributed by atoms with Crippen molar-refractivity contribution in [2.75, 3.05) is 5.32 Å². The summed E-state index contributed by atoms with van der Waals surface area (Å²) < 4.78 is 0. The number of nitriles is 1. The Morgan fingerprint density at radius 1 is 1.00 bits per heavy atom. The normalized spacial score (nSPS) is 10.6. The Bertz CT molecular complexity index is 1250. The maximum absolute atomic E-state index is 12.2. The number of amides is 3. The monoisotopic (exact) mass is 496 g/mol. The number of nitrogens with zero attached hydrogens (tertiary/aromatic N) is 2. The molecule has 3 aromatic rings. The standard InChI is InChI=1S/C29H32N6O2/c1-29(2,16-15-22-7-4-3-5-8-22)34-27(31)35(21-36)20-24-13-11-23(12-14-24)19-32-28(37)33-26-10-6-9-25(17-26)18-30/h3-14,17,21H,15-16,19-20H2,1-2H3,(H2,31,34)(H2,32,33,37). The second-order valence-corrected chi connectivity index (χ2v) is 9.39. The topological polar surface area (TPSA) is 121 Å². The number of hydrogen-bond donors (Lipinski definition) is 4. The second kappa shape index (κ2) is 12.9. The Hall–Kier alpha value is -4.64. The van der Waals surface area contributed by atoms with Crippen LogP contribution in [0.1, 0.15) is 42.5 Å². The highest BCUT2D eigenvalue weighted by molar-refractivity contribution is 5.89. The van der Waals surface area contributed by atoms with Gasteiger partial charge in [0, 0.05) is 17.8 Å². The summed E-state index contributed by atoms with van der Waals surface area (Å²) in [5.41, 5.74) is 3.63. The molecule has 0 aliphatic rings. The number of carbonyl (C=O) groups excluding carboxylic acids is 2. The first-order chi connectivity index (χ1) is 17.8. The summed E-state index contributed by atoms with van der Waals surface area (Å²) in [4.78, 5) is 25.2. The molecule has 4 N–H and O–H groups in total. The third-order valence-corrected chi connectivity index (χ3v) is 5.83. The lowest BCUT2D eigenvalue weighted by molar-refractivity contribution is -0.115. The van der Waals surface area contributed by atoms with Crippen LogP contribution < -0.4 is 16.0 Å². The predicted octanol–water partition coefficient (Wildman–Crippen LogP) is 4.77. The molecule has 0 aliphatic heterocycles. The van der Waals surface area contributed by atoms with Crippen molar-refractivity contribution in [1.29, 1.82) is 10.7 Å². The van der Waals surface area contributed by atoms with Crippen molar-refractivity contribution in [2.24, 2.45) is 0 Å². The minimum Gasteiger partial charge on any atom is -0.351 e. The quantitative estimate of drug-likeness (QED) is 0.183. The Morgan fingerprint density at radius 3 is 2.38 bits per heavy atom. The van der Waals surface area contributed by atoms with Crippen LogP contribution in [0.25, 0.3) is 0 Å². The first-order valence-corrected chi connectivity index (χ1v) is 12.0. The third-order valence-electron chi connectivity index (χ3n) is 5.83. The van der Waals surface area contributed by atoms with Crippen molar-refractivity contribution in [2.45, 2.75) is 45.3 Å². The van der Waals surface area contributed by atoms with Crippen molar-refractivity contribution in [3.8, 4) is 6.07 Å². The van der Waals surface area contributed by atoms with Crippen LogP contribution in [0.3, 0.4) is 0 Å². The van der Waals surface area contributed by atoms with Crippen LogP contribution in [-0.2, 0) is 24.3 Å². The summed E-state index contributed by atoms with van der Waals surface area (Å²) in [6.07, 6.45) is 2.34. The van der Waals surface area contributed by atoms with Gasteiger partial charge in [0.25, 0.3) is 0 Å². The van der Waals surface area contributed by atoms with Gasteiger partial charge >= 0.3 is 6.03 Å². The molecule has 37 heavy (non-hydrogen) atoms. The Kier molecular flexibility index (Phi) is 9.39. The van der Waals surface area contributed by atoms with Crippen molar-refractivity contribution in [3.63, 3.8) is 0 Å². The van der Waals surface area contributed by atoms with E-state index in [2.05, 4.69) is 28.1 Å². The summed E-state index contributed by atoms with van der Waals surface area (Å²) >= 11 is 0. The largest absolute Gasteiger partial charge is 0.351 e. The average molecular weight is 497 g/mol. The van der Waals surface area contributed by atoms with Gasteiger partial charge in [-0.15, -0.1) is 0 Å². The van der Waals surface area contributed by atoms with Crippen molar-refractivity contribution in [3.05, 3.63) is 101 Å². The highest BCUT2D eigenvalue weighted by Gasteiger charge is 2.21. The Morgan fingerprint density at radius 2 is 1.70 bits per heavy atom. The summed E-state index contributed by atoms with van der Waals surface area (Å²) in [7, 11) is 0. The highest BCUT2D eigenvalue weighted by atomic mass is 16.2. The van der Waals surface area contributed by atoms with Crippen LogP contribution in [0.15, 0.2) is 78.9 Å². The van der Waals surface area contributed by atoms with Gasteiger partial charge in [-0.25, -0.2) is 4.79 Å². The fourth-order valence-corrected chi connectivity index (χ4v) is 3.71. The molecule has 0 atom stereocenters. The predicted molar refractivity (Wildman–Crippen MR) is 145 cm³/mol. The van der Waals surface area contributed by atoms with Crippen molar-refractivity contribution < 1.29 is 9.59 Å². The third kappa shape index (κ3) is 8.82. The van der Waals surface area contributed by atoms with E-state index in [0.717, 1.165) is 24.0 Å². The van der Waals surface area contributed by atoms with E-state index in [1.54, 1.807) is 24.3 Å². The molecule has 0 bridgehead atoms. The maximum Gasteiger partial charge on any atom is 0.319 e. The van der Waals surface area contributed by atoms with Gasteiger partial charge in [0.2, 0.25) is 6.41 Å². The molecule has 0 aromatic heterocycles. The average Bonchev–Trinajstić information content (AvgIpc) is 2.90. The SMILES string of the molecule is CC(C)(CCc1ccccc1)NC(=N)N(C=O)Cc1ccc(CNC(=O)Nc2cccc(C#N)c2)cc1. The fraction of sp³-hybridized carbons (Fsp3) is 0.241. The van der Waals surface area contributed by atoms with Crippen LogP contribution in [0, 0.1) is 16.7 Å². The zero-order chi connectivity index (χ0) is 26.7. The van der Waals surface area contributed by atoms with Gasteiger partial charge in [0.15, 0.2) is 5.96 Å². The molecule has 0 saturated carbocycles. The van der Waals surface area contributed by atoms with Crippen LogP contribution in [0.4, 0.5) is 10.5 Å². The number of nitrogens with one attached hydrogen (secondary N) is 4. The zero-order valence-corrected chi connectivity index (χ0v) is 21.1. The number of guanidine groups is 1. The maximum atomic E-state index is 12.2. The zero-order valence-electron chi connectivity index (χ0n) is 21.1. The van der Waals surface area contributed by atoms with Gasteiger partial charge in [-0.1, -0.05) is 60.7 Å². The van der Waals surface area contributed by atoms with E-state index in [-0.39, 0.29) is 24.1 Å². The minimum atomic E-state index is -0.374. The molecule has 0 saturated heterocycles. The highest BCUT2D eigenvalue weighted by Crippen LogP contribution is 2.15. The number of benzene rings is 3. The molecule has 0 fully saturated rings. The molecule has 190 valence electrons. The molecule has 8 nitrogen and oxygen atoms in total. The first-order valence-electron chi connectivity index (χ1n) is 12.0. The van der Waals surface area contributed by atoms with Crippen LogP contribution in [0.5, 0.6) is 0 Å². The molecule has 0 heterocycles. The molecule has 0 radical (unpaired) electrons. The van der Waals surface area contributed by atoms with E-state index >= 15 is 0 Å². The lowest BCUT2D eigenvalue weighted by Crippen LogP contribution is -2.50. The Labute approximate surface area is 217 Å². The summed E-state index contributed by atoms with van der Waals surface area (Å²) in [5, 5.41) is 26.0. The number of urea groups is 1. The molecule has 0 spiro atoms. The molecule has 3 aromatic carbocycles. The summed E-state index contributed by atoms with van der Waals surface area (Å²) in [6, 6.07) is 26.0. The molecule has 0 unspecified atom stereocenters. The summed E-state index contributed by atoms with van der Waals surface area (Å²) in [6.45, 7) is 4.61. The van der Waals surface area contributed by atoms with Gasteiger partial charge in [-0.05, 0) is 61.6 Å². The van der Waals surface area contributed by atoms with Gasteiger partial charge in [-0.2, -0.15) is 5.26 Å². The Balaban J connectivity index is 1.47. The van der Waals surface area contributed by atoms with Gasteiger partial charge in [0.1, 0.15) is 0 Å². The van der Waals surface area contributed by atoms with E-state index in [1.807, 2.05) is 62.4 Å². The smallest absolute Gasteiger partial charge is 0.319 e. The van der Waals surface area contributed by atoms with Gasteiger partial charge < -0.3 is 16.0 Å². The first kappa shape index (κ1) is 27.0. The molecule has 8 heteroatoms. The number of carbonyl (C=O) groups is 2. The molecular formula is C29H32N6O2. The minimum absolute atomic E-state index is 0.0518. The van der Waals surface area contributed by atoms with E-state index in [0.29, 0.717) is 24.2 Å². The van der Waals surface area contributed by atoms with Crippen LogP contribution in [-0.4, -0.2) is 28.8 Å². The van der Waals surface area contributed by atoms with E-state index in [1.165, 1.54) is 10.5 Å².